The fourth-order valence-corrected chi connectivity index (χ4v) is 8.55. The molecule has 1 unspecified atom stereocenters. The average molecular weight is 706 g/mol. The fourth-order valence-electron chi connectivity index (χ4n) is 8.55. The van der Waals surface area contributed by atoms with Crippen molar-refractivity contribution in [2.24, 2.45) is 11.7 Å². The minimum atomic E-state index is -2.93. The molecule has 8 nitrogen and oxygen atoms in total. The molecule has 2 fully saturated rings. The number of unbranched alkanes of at least 4 members (excludes halogenated alkanes) is 4. The second-order valence-electron chi connectivity index (χ2n) is 14.5. The molecular weight excluding hydrogens is 648 g/mol. The molecule has 51 heavy (non-hydrogen) atoms. The van der Waals surface area contributed by atoms with Crippen LogP contribution in [0.2, 0.25) is 0 Å². The Balaban J connectivity index is 1.04. The van der Waals surface area contributed by atoms with E-state index < -0.39 is 12.0 Å². The lowest BCUT2D eigenvalue weighted by atomic mass is 9.64. The number of likely N-dealkylation sites (tertiary alicyclic amines) is 2. The van der Waals surface area contributed by atoms with Gasteiger partial charge >= 0.3 is 6.61 Å². The van der Waals surface area contributed by atoms with E-state index >= 15 is 0 Å². The molecule has 0 radical (unpaired) electrons. The van der Waals surface area contributed by atoms with Gasteiger partial charge < -0.3 is 20.1 Å². The van der Waals surface area contributed by atoms with Crippen molar-refractivity contribution in [1.29, 1.82) is 0 Å². The summed E-state index contributed by atoms with van der Waals surface area (Å²) in [6.07, 6.45) is 10.4. The molecule has 278 valence electrons. The molecule has 2 N–H and O–H groups in total. The summed E-state index contributed by atoms with van der Waals surface area (Å²) in [7, 11) is 1.54. The number of hydrogen-bond donors (Lipinski definition) is 1. The highest BCUT2D eigenvalue weighted by Gasteiger charge is 2.49. The van der Waals surface area contributed by atoms with Crippen LogP contribution in [-0.2, 0) is 16.8 Å². The molecule has 5 rings (SSSR count). The Morgan fingerprint density at radius 1 is 0.902 bits per heavy atom. The number of methoxy groups -OCH3 is 1. The number of amides is 1. The van der Waals surface area contributed by atoms with Gasteiger partial charge in [0.2, 0.25) is 11.8 Å². The summed E-state index contributed by atoms with van der Waals surface area (Å²) in [4.78, 5) is 24.9. The van der Waals surface area contributed by atoms with Gasteiger partial charge in [-0.15, -0.1) is 0 Å². The van der Waals surface area contributed by atoms with Crippen LogP contribution in [0.5, 0.6) is 11.6 Å². The third-order valence-corrected chi connectivity index (χ3v) is 11.1. The smallest absolute Gasteiger partial charge is 0.388 e. The maximum atomic E-state index is 13.4. The third kappa shape index (κ3) is 9.64. The Bertz CT molecular complexity index is 1450. The predicted molar refractivity (Wildman–Crippen MR) is 198 cm³/mol. The van der Waals surface area contributed by atoms with Crippen molar-refractivity contribution >= 4 is 5.91 Å². The molecule has 0 bridgehead atoms. The molecule has 1 atom stereocenters. The number of rotatable bonds is 19. The lowest BCUT2D eigenvalue weighted by molar-refractivity contribution is -0.123. The maximum absolute atomic E-state index is 13.4. The maximum Gasteiger partial charge on any atom is 0.388 e. The highest BCUT2D eigenvalue weighted by molar-refractivity contribution is 5.91. The van der Waals surface area contributed by atoms with Crippen LogP contribution < -0.4 is 15.2 Å². The van der Waals surface area contributed by atoms with Crippen LogP contribution in [0, 0.1) is 5.92 Å². The van der Waals surface area contributed by atoms with Gasteiger partial charge in [0.25, 0.3) is 0 Å². The van der Waals surface area contributed by atoms with E-state index in [1.165, 1.54) is 39.0 Å². The molecule has 0 spiro atoms. The predicted octanol–water partition coefficient (Wildman–Crippen LogP) is 7.11. The van der Waals surface area contributed by atoms with Gasteiger partial charge in [0, 0.05) is 31.4 Å². The number of aromatic nitrogens is 1. The zero-order valence-electron chi connectivity index (χ0n) is 30.7. The average Bonchev–Trinajstić information content (AvgIpc) is 3.60. The van der Waals surface area contributed by atoms with Crippen LogP contribution in [0.1, 0.15) is 81.9 Å². The highest BCUT2D eigenvalue weighted by atomic mass is 19.3. The molecule has 0 aliphatic carbocycles. The number of ether oxygens (including phenoxy) is 2. The van der Waals surface area contributed by atoms with Crippen molar-refractivity contribution < 1.29 is 23.0 Å². The second-order valence-corrected chi connectivity index (χ2v) is 14.5. The van der Waals surface area contributed by atoms with Crippen molar-refractivity contribution in [2.75, 3.05) is 46.4 Å². The molecule has 1 amide bonds. The molecule has 3 aromatic rings. The van der Waals surface area contributed by atoms with E-state index in [0.717, 1.165) is 76.1 Å². The van der Waals surface area contributed by atoms with Gasteiger partial charge in [-0.25, -0.2) is 4.98 Å². The van der Waals surface area contributed by atoms with E-state index in [-0.39, 0.29) is 17.7 Å². The number of benzene rings is 2. The molecule has 2 aromatic carbocycles. The number of primary amides is 1. The summed E-state index contributed by atoms with van der Waals surface area (Å²) in [6.45, 7) is 7.87. The van der Waals surface area contributed by atoms with Gasteiger partial charge in [0.15, 0.2) is 0 Å². The lowest BCUT2D eigenvalue weighted by Crippen LogP contribution is -2.49. The number of nitrogens with zero attached hydrogens (tertiary/aromatic N) is 4. The lowest BCUT2D eigenvalue weighted by Gasteiger charge is -2.41. The topological polar surface area (TPSA) is 84.2 Å². The van der Waals surface area contributed by atoms with Crippen LogP contribution in [0.3, 0.4) is 0 Å². The number of carbonyl (C=O) groups excluding carboxylic acids is 1. The van der Waals surface area contributed by atoms with Gasteiger partial charge in [-0.2, -0.15) is 8.78 Å². The molecular formula is C41H57F2N5O3. The van der Waals surface area contributed by atoms with E-state index in [1.807, 2.05) is 36.4 Å². The van der Waals surface area contributed by atoms with E-state index in [0.29, 0.717) is 29.9 Å². The number of halogens is 2. The monoisotopic (exact) mass is 705 g/mol. The van der Waals surface area contributed by atoms with Crippen molar-refractivity contribution in [3.8, 4) is 11.6 Å². The number of hydrogen-bond acceptors (Lipinski definition) is 7. The summed E-state index contributed by atoms with van der Waals surface area (Å²) in [5.41, 5.74) is 7.99. The quantitative estimate of drug-likeness (QED) is 0.133. The normalized spacial score (nSPS) is 17.8. The highest BCUT2D eigenvalue weighted by Crippen LogP contribution is 2.43. The summed E-state index contributed by atoms with van der Waals surface area (Å²) in [5.74, 6) is 0.321. The zero-order valence-corrected chi connectivity index (χ0v) is 30.7. The van der Waals surface area contributed by atoms with E-state index in [1.54, 1.807) is 6.07 Å². The first-order valence-corrected chi connectivity index (χ1v) is 18.8. The van der Waals surface area contributed by atoms with Crippen molar-refractivity contribution in [1.82, 2.24) is 19.7 Å². The van der Waals surface area contributed by atoms with Crippen LogP contribution in [-0.4, -0.2) is 90.7 Å². The molecule has 2 aliphatic heterocycles. The number of alkyl halides is 2. The van der Waals surface area contributed by atoms with Gasteiger partial charge in [-0.05, 0) is 102 Å². The Hall–Kier alpha value is -3.60. The Morgan fingerprint density at radius 3 is 2.10 bits per heavy atom. The molecule has 2 aliphatic rings. The van der Waals surface area contributed by atoms with E-state index in [9.17, 15) is 13.6 Å². The van der Waals surface area contributed by atoms with E-state index in [2.05, 4.69) is 57.8 Å². The zero-order chi connectivity index (χ0) is 36.2. The van der Waals surface area contributed by atoms with Crippen LogP contribution in [0.4, 0.5) is 8.78 Å². The van der Waals surface area contributed by atoms with E-state index in [4.69, 9.17) is 15.2 Å². The first-order valence-electron chi connectivity index (χ1n) is 18.8. The first-order chi connectivity index (χ1) is 24.7. The number of nitrogens with two attached hydrogens (primary N) is 1. The number of pyridine rings is 1. The Morgan fingerprint density at radius 2 is 1.51 bits per heavy atom. The van der Waals surface area contributed by atoms with Crippen LogP contribution >= 0.6 is 0 Å². The summed E-state index contributed by atoms with van der Waals surface area (Å²) >= 11 is 0. The Labute approximate surface area is 303 Å². The van der Waals surface area contributed by atoms with Gasteiger partial charge in [0.1, 0.15) is 11.2 Å². The molecule has 3 heterocycles. The summed E-state index contributed by atoms with van der Waals surface area (Å²) < 4.78 is 36.2. The summed E-state index contributed by atoms with van der Waals surface area (Å²) in [6, 6.07) is 22.9. The summed E-state index contributed by atoms with van der Waals surface area (Å²) in [5, 5.41) is 0. The SMILES string of the molecule is COc1ccnc(OC(F)F)c1CN1CCC(N(CCCCCCCN2CCC(C(C(N)=O)(c3ccccc3)c3ccccc3)C2)C(C)C)CC1. The molecule has 0 saturated carbocycles. The standard InChI is InChI=1S/C41H57F2N5O3/c1-31(2)48(35-21-27-47(28-22-35)30-36-37(50-3)19-23-45-38(36)51-40(42)43)25-14-6-4-5-13-24-46-26-20-34(29-46)41(39(44)49,32-15-9-7-10-16-32)33-17-11-8-12-18-33/h7-12,15-19,23,31,34-35,40H,4-6,13-14,20-22,24-30H2,1-3H3,(H2,44,49). The van der Waals surface area contributed by atoms with Gasteiger partial charge in [-0.3, -0.25) is 14.6 Å². The first kappa shape index (κ1) is 38.6. The number of piperidine rings is 1. The second kappa shape index (κ2) is 18.8. The van der Waals surface area contributed by atoms with Crippen LogP contribution in [0.15, 0.2) is 72.9 Å². The van der Waals surface area contributed by atoms with Crippen LogP contribution in [0.25, 0.3) is 0 Å². The third-order valence-electron chi connectivity index (χ3n) is 11.1. The molecule has 2 saturated heterocycles. The minimum Gasteiger partial charge on any atom is -0.496 e. The Kier molecular flexibility index (Phi) is 14.2. The minimum absolute atomic E-state index is 0.0591. The van der Waals surface area contributed by atoms with Crippen molar-refractivity contribution in [3.05, 3.63) is 89.6 Å². The van der Waals surface area contributed by atoms with Gasteiger partial charge in [-0.1, -0.05) is 79.9 Å². The van der Waals surface area contributed by atoms with Crippen molar-refractivity contribution in [3.63, 3.8) is 0 Å². The number of carbonyl (C=O) groups is 1. The van der Waals surface area contributed by atoms with Crippen molar-refractivity contribution in [2.45, 2.75) is 95.9 Å². The van der Waals surface area contributed by atoms with Gasteiger partial charge in [0.05, 0.1) is 12.7 Å². The fraction of sp³-hybridized carbons (Fsp3) is 0.561. The largest absolute Gasteiger partial charge is 0.496 e. The molecule has 10 heteroatoms. The molecule has 1 aromatic heterocycles.